The lowest BCUT2D eigenvalue weighted by atomic mass is 9.81. The van der Waals surface area contributed by atoms with Gasteiger partial charge in [-0.15, -0.1) is 0 Å². The number of aromatic nitrogens is 2. The van der Waals surface area contributed by atoms with E-state index in [1.807, 2.05) is 0 Å². The number of ether oxygens (including phenoxy) is 1. The number of imidazole rings is 1. The van der Waals surface area contributed by atoms with Crippen LogP contribution in [0.5, 0.6) is 0 Å². The molecule has 2 atom stereocenters. The van der Waals surface area contributed by atoms with E-state index in [0.717, 1.165) is 6.42 Å². The van der Waals surface area contributed by atoms with Crippen LogP contribution in [-0.2, 0) is 14.8 Å². The summed E-state index contributed by atoms with van der Waals surface area (Å²) in [4.78, 5) is 3.77. The van der Waals surface area contributed by atoms with Crippen molar-refractivity contribution in [3.8, 4) is 0 Å². The van der Waals surface area contributed by atoms with Crippen LogP contribution in [0.4, 0.5) is 0 Å². The second kappa shape index (κ2) is 3.28. The molecule has 0 saturated carbocycles. The first-order valence-electron chi connectivity index (χ1n) is 5.19. The van der Waals surface area contributed by atoms with E-state index in [1.165, 1.54) is 22.7 Å². The van der Waals surface area contributed by atoms with Crippen molar-refractivity contribution in [1.29, 1.82) is 0 Å². The first kappa shape index (κ1) is 10.2. The molecule has 0 aromatic carbocycles. The average Bonchev–Trinajstić information content (AvgIpc) is 2.89. The molecule has 2 saturated heterocycles. The zero-order valence-corrected chi connectivity index (χ0v) is 9.48. The van der Waals surface area contributed by atoms with E-state index in [0.29, 0.717) is 19.8 Å². The zero-order valence-electron chi connectivity index (χ0n) is 8.67. The number of nitrogens with one attached hydrogen (secondary N) is 1. The molecular formula is C9H13N3O3S. The quantitative estimate of drug-likeness (QED) is 0.750. The summed E-state index contributed by atoms with van der Waals surface area (Å²) in [7, 11) is -3.39. The van der Waals surface area contributed by atoms with E-state index in [4.69, 9.17) is 4.74 Å². The topological polar surface area (TPSA) is 73.2 Å². The first-order chi connectivity index (χ1) is 7.65. The number of hydrogen-bond acceptors (Lipinski definition) is 5. The van der Waals surface area contributed by atoms with E-state index in [1.54, 1.807) is 0 Å². The fraction of sp³-hybridized carbons (Fsp3) is 0.667. The van der Waals surface area contributed by atoms with E-state index < -0.39 is 15.4 Å². The summed E-state index contributed by atoms with van der Waals surface area (Å²) in [6, 6.07) is 0. The smallest absolute Gasteiger partial charge is 0.256 e. The fourth-order valence-electron chi connectivity index (χ4n) is 2.38. The predicted molar refractivity (Wildman–Crippen MR) is 56.2 cm³/mol. The predicted octanol–water partition coefficient (Wildman–Crippen LogP) is -0.603. The maximum Gasteiger partial charge on any atom is 0.256 e. The van der Waals surface area contributed by atoms with Crippen molar-refractivity contribution in [3.05, 3.63) is 18.7 Å². The Morgan fingerprint density at radius 2 is 2.44 bits per heavy atom. The van der Waals surface area contributed by atoms with E-state index >= 15 is 0 Å². The molecule has 3 rings (SSSR count). The highest BCUT2D eigenvalue weighted by molar-refractivity contribution is 7.90. The van der Waals surface area contributed by atoms with Gasteiger partial charge in [-0.3, -0.25) is 5.32 Å². The number of nitrogens with zero attached hydrogens (tertiary/aromatic N) is 2. The van der Waals surface area contributed by atoms with Gasteiger partial charge in [0.05, 0.1) is 6.61 Å². The molecule has 1 spiro atoms. The van der Waals surface area contributed by atoms with Crippen LogP contribution in [0.3, 0.4) is 0 Å². The molecule has 16 heavy (non-hydrogen) atoms. The van der Waals surface area contributed by atoms with Crippen molar-refractivity contribution in [2.75, 3.05) is 19.8 Å². The molecule has 1 N–H and O–H groups in total. The normalized spacial score (nSPS) is 34.1. The minimum Gasteiger partial charge on any atom is -0.381 e. The molecule has 2 unspecified atom stereocenters. The zero-order chi connectivity index (χ0) is 11.2. The highest BCUT2D eigenvalue weighted by Crippen LogP contribution is 2.40. The largest absolute Gasteiger partial charge is 0.381 e. The van der Waals surface area contributed by atoms with Crippen LogP contribution in [-0.4, -0.2) is 42.5 Å². The SMILES string of the molecule is O=S(=O)(C1NCC12CCOC2)n1ccnc1. The van der Waals surface area contributed by atoms with Gasteiger partial charge in [-0.25, -0.2) is 17.4 Å². The minimum absolute atomic E-state index is 0.233. The van der Waals surface area contributed by atoms with Crippen molar-refractivity contribution in [1.82, 2.24) is 14.3 Å². The van der Waals surface area contributed by atoms with Crippen molar-refractivity contribution >= 4 is 10.0 Å². The number of rotatable bonds is 2. The second-order valence-corrected chi connectivity index (χ2v) is 6.29. The van der Waals surface area contributed by atoms with E-state index in [2.05, 4.69) is 10.3 Å². The summed E-state index contributed by atoms with van der Waals surface area (Å²) in [5.41, 5.74) is -0.233. The summed E-state index contributed by atoms with van der Waals surface area (Å²) in [5, 5.41) is 2.45. The van der Waals surface area contributed by atoms with E-state index in [-0.39, 0.29) is 5.41 Å². The molecule has 0 amide bonds. The summed E-state index contributed by atoms with van der Waals surface area (Å²) < 4.78 is 31.0. The molecule has 6 nitrogen and oxygen atoms in total. The van der Waals surface area contributed by atoms with Gasteiger partial charge in [0.25, 0.3) is 10.0 Å². The van der Waals surface area contributed by atoms with Crippen LogP contribution in [0, 0.1) is 5.41 Å². The molecule has 2 aliphatic rings. The maximum absolute atomic E-state index is 12.2. The van der Waals surface area contributed by atoms with Gasteiger partial charge >= 0.3 is 0 Å². The summed E-state index contributed by atoms with van der Waals surface area (Å²) in [5.74, 6) is 0. The first-order valence-corrected chi connectivity index (χ1v) is 6.69. The van der Waals surface area contributed by atoms with Gasteiger partial charge in [0.15, 0.2) is 0 Å². The molecule has 1 aromatic rings. The van der Waals surface area contributed by atoms with Gasteiger partial charge in [-0.2, -0.15) is 0 Å². The van der Waals surface area contributed by atoms with Crippen LogP contribution in [0.2, 0.25) is 0 Å². The lowest BCUT2D eigenvalue weighted by molar-refractivity contribution is 0.0936. The molecule has 88 valence electrons. The third-order valence-electron chi connectivity index (χ3n) is 3.40. The van der Waals surface area contributed by atoms with Crippen molar-refractivity contribution in [2.24, 2.45) is 5.41 Å². The van der Waals surface area contributed by atoms with Gasteiger partial charge in [0.1, 0.15) is 11.7 Å². The third-order valence-corrected chi connectivity index (χ3v) is 5.47. The lowest BCUT2D eigenvalue weighted by Gasteiger charge is -2.45. The maximum atomic E-state index is 12.2. The Balaban J connectivity index is 1.94. The molecular weight excluding hydrogens is 230 g/mol. The number of hydrogen-bond donors (Lipinski definition) is 1. The van der Waals surface area contributed by atoms with Crippen LogP contribution >= 0.6 is 0 Å². The van der Waals surface area contributed by atoms with Crippen molar-refractivity contribution in [3.63, 3.8) is 0 Å². The average molecular weight is 243 g/mol. The molecule has 2 aliphatic heterocycles. The van der Waals surface area contributed by atoms with Crippen LogP contribution < -0.4 is 5.32 Å². The molecule has 7 heteroatoms. The molecule has 0 bridgehead atoms. The molecule has 1 aromatic heterocycles. The summed E-state index contributed by atoms with van der Waals surface area (Å²) in [6.07, 6.45) is 5.05. The third kappa shape index (κ3) is 1.25. The summed E-state index contributed by atoms with van der Waals surface area (Å²) in [6.45, 7) is 1.89. The lowest BCUT2D eigenvalue weighted by Crippen LogP contribution is -2.67. The fourth-order valence-corrected chi connectivity index (χ4v) is 4.23. The van der Waals surface area contributed by atoms with Gasteiger partial charge in [0.2, 0.25) is 0 Å². The highest BCUT2D eigenvalue weighted by Gasteiger charge is 2.56. The summed E-state index contributed by atoms with van der Waals surface area (Å²) >= 11 is 0. The van der Waals surface area contributed by atoms with E-state index in [9.17, 15) is 8.42 Å². The molecule has 2 fully saturated rings. The Hall–Kier alpha value is -0.920. The van der Waals surface area contributed by atoms with Gasteiger partial charge in [-0.1, -0.05) is 0 Å². The minimum atomic E-state index is -3.39. The van der Waals surface area contributed by atoms with Gasteiger partial charge in [-0.05, 0) is 6.42 Å². The Morgan fingerprint density at radius 1 is 1.56 bits per heavy atom. The van der Waals surface area contributed by atoms with Crippen molar-refractivity contribution < 1.29 is 13.2 Å². The highest BCUT2D eigenvalue weighted by atomic mass is 32.2. The Bertz CT molecular complexity index is 476. The van der Waals surface area contributed by atoms with Crippen LogP contribution in [0.15, 0.2) is 18.7 Å². The Labute approximate surface area is 93.7 Å². The Kier molecular flexibility index (Phi) is 2.10. The molecule has 0 aliphatic carbocycles. The second-order valence-electron chi connectivity index (χ2n) is 4.36. The molecule has 0 radical (unpaired) electrons. The Morgan fingerprint density at radius 3 is 2.94 bits per heavy atom. The van der Waals surface area contributed by atoms with Gasteiger partial charge in [0, 0.05) is 31.0 Å². The van der Waals surface area contributed by atoms with Crippen LogP contribution in [0.25, 0.3) is 0 Å². The van der Waals surface area contributed by atoms with Crippen LogP contribution in [0.1, 0.15) is 6.42 Å². The monoisotopic (exact) mass is 243 g/mol. The van der Waals surface area contributed by atoms with Gasteiger partial charge < -0.3 is 4.74 Å². The molecule has 3 heterocycles. The van der Waals surface area contributed by atoms with Crippen molar-refractivity contribution in [2.45, 2.75) is 11.8 Å². The standard InChI is InChI=1S/C9H13N3O3S/c13-16(14,12-3-2-10-7-12)8-9(5-11-8)1-4-15-6-9/h2-3,7-8,11H,1,4-6H2.